The highest BCUT2D eigenvalue weighted by Gasteiger charge is 2.36. The second-order valence-electron chi connectivity index (χ2n) is 7.67. The van der Waals surface area contributed by atoms with Gasteiger partial charge in [0.25, 0.3) is 0 Å². The van der Waals surface area contributed by atoms with Crippen LogP contribution >= 0.6 is 0 Å². The molecule has 136 valence electrons. The predicted molar refractivity (Wildman–Crippen MR) is 98.0 cm³/mol. The average Bonchev–Trinajstić information content (AvgIpc) is 2.61. The highest BCUT2D eigenvalue weighted by Crippen LogP contribution is 2.32. The molecule has 0 radical (unpaired) electrons. The Labute approximate surface area is 150 Å². The lowest BCUT2D eigenvalue weighted by atomic mass is 9.75. The molecule has 1 aromatic rings. The van der Waals surface area contributed by atoms with E-state index >= 15 is 0 Å². The van der Waals surface area contributed by atoms with Crippen molar-refractivity contribution >= 4 is 11.8 Å². The normalized spacial score (nSPS) is 20.7. The largest absolute Gasteiger partial charge is 0.339 e. The van der Waals surface area contributed by atoms with Crippen LogP contribution in [0.3, 0.4) is 0 Å². The molecular formula is C20H29N3O2. The van der Waals surface area contributed by atoms with E-state index in [0.717, 1.165) is 19.3 Å². The van der Waals surface area contributed by atoms with Crippen molar-refractivity contribution in [2.24, 2.45) is 5.73 Å². The van der Waals surface area contributed by atoms with Gasteiger partial charge in [-0.15, -0.1) is 0 Å². The van der Waals surface area contributed by atoms with E-state index in [4.69, 9.17) is 5.73 Å². The topological polar surface area (TPSA) is 66.6 Å². The van der Waals surface area contributed by atoms with E-state index in [-0.39, 0.29) is 23.3 Å². The third kappa shape index (κ3) is 4.40. The van der Waals surface area contributed by atoms with Crippen LogP contribution in [0.4, 0.5) is 0 Å². The summed E-state index contributed by atoms with van der Waals surface area (Å²) in [5.41, 5.74) is 7.11. The zero-order chi connectivity index (χ0) is 17.9. The molecule has 0 bridgehead atoms. The molecule has 25 heavy (non-hydrogen) atoms. The SMILES string of the molecule is CC(CC(=O)N1CCN(C(=O)CC2(N)CCC2)CC1)c1ccccc1. The molecule has 3 rings (SSSR count). The van der Waals surface area contributed by atoms with Gasteiger partial charge in [-0.3, -0.25) is 9.59 Å². The lowest BCUT2D eigenvalue weighted by molar-refractivity contribution is -0.140. The van der Waals surface area contributed by atoms with Gasteiger partial charge in [0.1, 0.15) is 0 Å². The molecule has 2 N–H and O–H groups in total. The van der Waals surface area contributed by atoms with Crippen LogP contribution in [-0.2, 0) is 9.59 Å². The maximum absolute atomic E-state index is 12.5. The van der Waals surface area contributed by atoms with E-state index in [1.807, 2.05) is 28.0 Å². The molecule has 5 heteroatoms. The Morgan fingerprint density at radius 1 is 1.04 bits per heavy atom. The molecule has 1 aliphatic carbocycles. The van der Waals surface area contributed by atoms with Gasteiger partial charge >= 0.3 is 0 Å². The summed E-state index contributed by atoms with van der Waals surface area (Å²) in [6.07, 6.45) is 4.00. The van der Waals surface area contributed by atoms with Crippen molar-refractivity contribution in [1.82, 2.24) is 9.80 Å². The van der Waals surface area contributed by atoms with E-state index < -0.39 is 0 Å². The monoisotopic (exact) mass is 343 g/mol. The third-order valence-corrected chi connectivity index (χ3v) is 5.69. The van der Waals surface area contributed by atoms with E-state index in [9.17, 15) is 9.59 Å². The maximum Gasteiger partial charge on any atom is 0.224 e. The number of benzene rings is 1. The van der Waals surface area contributed by atoms with E-state index in [1.165, 1.54) is 5.56 Å². The van der Waals surface area contributed by atoms with Gasteiger partial charge in [0.2, 0.25) is 11.8 Å². The Hall–Kier alpha value is -1.88. The summed E-state index contributed by atoms with van der Waals surface area (Å²) in [5, 5.41) is 0. The van der Waals surface area contributed by atoms with Crippen LogP contribution in [0.15, 0.2) is 30.3 Å². The Morgan fingerprint density at radius 3 is 2.12 bits per heavy atom. The molecule has 1 atom stereocenters. The van der Waals surface area contributed by atoms with Crippen LogP contribution < -0.4 is 5.73 Å². The number of hydrogen-bond acceptors (Lipinski definition) is 3. The zero-order valence-electron chi connectivity index (χ0n) is 15.1. The summed E-state index contributed by atoms with van der Waals surface area (Å²) < 4.78 is 0. The van der Waals surface area contributed by atoms with Crippen molar-refractivity contribution < 1.29 is 9.59 Å². The number of rotatable bonds is 5. The molecule has 0 aromatic heterocycles. The highest BCUT2D eigenvalue weighted by atomic mass is 16.2. The van der Waals surface area contributed by atoms with Crippen LogP contribution in [0.25, 0.3) is 0 Å². The van der Waals surface area contributed by atoms with Crippen molar-refractivity contribution in [3.05, 3.63) is 35.9 Å². The fraction of sp³-hybridized carbons (Fsp3) is 0.600. The van der Waals surface area contributed by atoms with Crippen LogP contribution in [0.1, 0.15) is 50.5 Å². The van der Waals surface area contributed by atoms with E-state index in [1.54, 1.807) is 0 Å². The first-order valence-corrected chi connectivity index (χ1v) is 9.36. The highest BCUT2D eigenvalue weighted by molar-refractivity contribution is 5.79. The van der Waals surface area contributed by atoms with Crippen LogP contribution in [0, 0.1) is 0 Å². The van der Waals surface area contributed by atoms with Crippen LogP contribution in [0.2, 0.25) is 0 Å². The standard InChI is InChI=1S/C20H29N3O2/c1-16(17-6-3-2-4-7-17)14-18(24)22-10-12-23(13-11-22)19(25)15-20(21)8-5-9-20/h2-4,6-7,16H,5,8-15,21H2,1H3. The molecule has 1 saturated heterocycles. The predicted octanol–water partition coefficient (Wildman–Crippen LogP) is 2.12. The maximum atomic E-state index is 12.5. The number of amides is 2. The zero-order valence-corrected chi connectivity index (χ0v) is 15.1. The van der Waals surface area contributed by atoms with E-state index in [0.29, 0.717) is 39.0 Å². The third-order valence-electron chi connectivity index (χ3n) is 5.69. The molecule has 1 heterocycles. The number of piperazine rings is 1. The lowest BCUT2D eigenvalue weighted by Crippen LogP contribution is -2.55. The van der Waals surface area contributed by atoms with Crippen molar-refractivity contribution in [3.8, 4) is 0 Å². The number of carbonyl (C=O) groups is 2. The molecule has 2 amide bonds. The summed E-state index contributed by atoms with van der Waals surface area (Å²) in [6.45, 7) is 4.60. The Balaban J connectivity index is 1.45. The quantitative estimate of drug-likeness (QED) is 0.890. The number of nitrogens with zero attached hydrogens (tertiary/aromatic N) is 2. The van der Waals surface area contributed by atoms with Gasteiger partial charge in [-0.25, -0.2) is 0 Å². The molecule has 5 nitrogen and oxygen atoms in total. The van der Waals surface area contributed by atoms with Gasteiger partial charge in [-0.05, 0) is 30.7 Å². The van der Waals surface area contributed by atoms with Gasteiger partial charge in [-0.2, -0.15) is 0 Å². The molecule has 1 unspecified atom stereocenters. The summed E-state index contributed by atoms with van der Waals surface area (Å²) >= 11 is 0. The summed E-state index contributed by atoms with van der Waals surface area (Å²) in [6, 6.07) is 10.1. The molecular weight excluding hydrogens is 314 g/mol. The number of nitrogens with two attached hydrogens (primary N) is 1. The molecule has 1 aliphatic heterocycles. The first-order valence-electron chi connectivity index (χ1n) is 9.36. The summed E-state index contributed by atoms with van der Waals surface area (Å²) in [5.74, 6) is 0.536. The van der Waals surface area contributed by atoms with Gasteiger partial charge in [0.05, 0.1) is 0 Å². The minimum atomic E-state index is -0.269. The van der Waals surface area contributed by atoms with Crippen molar-refractivity contribution in [2.45, 2.75) is 50.5 Å². The first kappa shape index (κ1) is 17.9. The molecule has 1 saturated carbocycles. The second-order valence-corrected chi connectivity index (χ2v) is 7.67. The number of carbonyl (C=O) groups excluding carboxylic acids is 2. The van der Waals surface area contributed by atoms with Crippen molar-refractivity contribution in [3.63, 3.8) is 0 Å². The Bertz CT molecular complexity index is 605. The summed E-state index contributed by atoms with van der Waals surface area (Å²) in [7, 11) is 0. The van der Waals surface area contributed by atoms with Crippen LogP contribution in [-0.4, -0.2) is 53.3 Å². The minimum absolute atomic E-state index is 0.145. The molecule has 2 aliphatic rings. The van der Waals surface area contributed by atoms with Gasteiger partial charge in [0.15, 0.2) is 0 Å². The lowest BCUT2D eigenvalue weighted by Gasteiger charge is -2.41. The van der Waals surface area contributed by atoms with E-state index in [2.05, 4.69) is 19.1 Å². The first-order chi connectivity index (χ1) is 12.0. The Kier molecular flexibility index (Phi) is 5.42. The minimum Gasteiger partial charge on any atom is -0.339 e. The summed E-state index contributed by atoms with van der Waals surface area (Å²) in [4.78, 5) is 28.7. The molecule has 1 aromatic carbocycles. The fourth-order valence-electron chi connectivity index (χ4n) is 3.72. The van der Waals surface area contributed by atoms with Crippen LogP contribution in [0.5, 0.6) is 0 Å². The smallest absolute Gasteiger partial charge is 0.224 e. The fourth-order valence-corrected chi connectivity index (χ4v) is 3.72. The number of hydrogen-bond donors (Lipinski definition) is 1. The average molecular weight is 343 g/mol. The molecule has 0 spiro atoms. The van der Waals surface area contributed by atoms with Crippen molar-refractivity contribution in [2.75, 3.05) is 26.2 Å². The second kappa shape index (κ2) is 7.56. The van der Waals surface area contributed by atoms with Crippen molar-refractivity contribution in [1.29, 1.82) is 0 Å². The van der Waals surface area contributed by atoms with Gasteiger partial charge in [-0.1, -0.05) is 37.3 Å². The Morgan fingerprint density at radius 2 is 1.60 bits per heavy atom. The van der Waals surface area contributed by atoms with Gasteiger partial charge < -0.3 is 15.5 Å². The molecule has 2 fully saturated rings. The van der Waals surface area contributed by atoms with Gasteiger partial charge in [0, 0.05) is 44.6 Å².